The third-order valence-electron chi connectivity index (χ3n) is 2.08. The minimum Gasteiger partial charge on any atom is -0.480 e. The van der Waals surface area contributed by atoms with Crippen molar-refractivity contribution in [3.63, 3.8) is 0 Å². The first-order valence-electron chi connectivity index (χ1n) is 4.89. The Morgan fingerprint density at radius 1 is 1.28 bits per heavy atom. The van der Waals surface area contributed by atoms with Crippen LogP contribution in [0.25, 0.3) is 0 Å². The molecule has 7 heteroatoms. The van der Waals surface area contributed by atoms with Crippen molar-refractivity contribution in [3.05, 3.63) is 38.4 Å². The van der Waals surface area contributed by atoms with Crippen LogP contribution in [0.3, 0.4) is 0 Å². The second kappa shape index (κ2) is 5.86. The summed E-state index contributed by atoms with van der Waals surface area (Å²) in [7, 11) is 1.55. The molecule has 1 N–H and O–H groups in total. The van der Waals surface area contributed by atoms with E-state index in [-0.39, 0.29) is 0 Å². The summed E-state index contributed by atoms with van der Waals surface area (Å²) in [6.07, 6.45) is 1.62. The predicted octanol–water partition coefficient (Wildman–Crippen LogP) is 4.41. The van der Waals surface area contributed by atoms with Gasteiger partial charge in [0, 0.05) is 10.2 Å². The Labute approximate surface area is 126 Å². The summed E-state index contributed by atoms with van der Waals surface area (Å²) in [5.74, 6) is 0.921. The lowest BCUT2D eigenvalue weighted by Crippen LogP contribution is -1.99. The Balaban J connectivity index is 2.25. The smallest absolute Gasteiger partial charge is 0.232 e. The third-order valence-corrected chi connectivity index (χ3v) is 3.84. The SMILES string of the molecule is COc1nc(Nc2ccc(Cl)c(Br)c2)ncc1Br. The van der Waals surface area contributed by atoms with Crippen molar-refractivity contribution in [1.29, 1.82) is 0 Å². The molecular formula is C11H8Br2ClN3O. The van der Waals surface area contributed by atoms with Gasteiger partial charge in [0.25, 0.3) is 0 Å². The molecule has 0 bridgehead atoms. The lowest BCUT2D eigenvalue weighted by molar-refractivity contribution is 0.394. The lowest BCUT2D eigenvalue weighted by atomic mass is 10.3. The Morgan fingerprint density at radius 3 is 2.72 bits per heavy atom. The summed E-state index contributed by atoms with van der Waals surface area (Å²) >= 11 is 12.6. The van der Waals surface area contributed by atoms with E-state index in [1.807, 2.05) is 12.1 Å². The Bertz CT molecular complexity index is 580. The molecule has 1 aromatic carbocycles. The van der Waals surface area contributed by atoms with Gasteiger partial charge in [0.05, 0.1) is 22.8 Å². The minimum atomic E-state index is 0.448. The number of benzene rings is 1. The van der Waals surface area contributed by atoms with E-state index in [2.05, 4.69) is 47.1 Å². The molecule has 0 aliphatic rings. The number of methoxy groups -OCH3 is 1. The van der Waals surface area contributed by atoms with Crippen molar-refractivity contribution in [2.45, 2.75) is 0 Å². The van der Waals surface area contributed by atoms with Crippen LogP contribution in [0.5, 0.6) is 5.88 Å². The van der Waals surface area contributed by atoms with E-state index in [0.717, 1.165) is 10.2 Å². The highest BCUT2D eigenvalue weighted by Gasteiger charge is 2.06. The second-order valence-corrected chi connectivity index (χ2v) is 5.42. The Hall–Kier alpha value is -0.850. The van der Waals surface area contributed by atoms with Crippen LogP contribution < -0.4 is 10.1 Å². The standard InChI is InChI=1S/C11H8Br2ClN3O/c1-18-10-8(13)5-15-11(17-10)16-6-2-3-9(14)7(12)4-6/h2-5H,1H3,(H,15,16,17). The zero-order valence-electron chi connectivity index (χ0n) is 9.25. The molecule has 0 aliphatic heterocycles. The normalized spacial score (nSPS) is 10.2. The fourth-order valence-electron chi connectivity index (χ4n) is 1.26. The molecule has 2 rings (SSSR count). The number of nitrogens with one attached hydrogen (secondary N) is 1. The summed E-state index contributed by atoms with van der Waals surface area (Å²) in [6.45, 7) is 0. The van der Waals surface area contributed by atoms with Crippen LogP contribution in [-0.2, 0) is 0 Å². The van der Waals surface area contributed by atoms with E-state index in [4.69, 9.17) is 16.3 Å². The van der Waals surface area contributed by atoms with E-state index in [1.165, 1.54) is 0 Å². The van der Waals surface area contributed by atoms with Crippen molar-refractivity contribution >= 4 is 55.1 Å². The Morgan fingerprint density at radius 2 is 2.06 bits per heavy atom. The molecule has 1 aromatic heterocycles. The summed E-state index contributed by atoms with van der Waals surface area (Å²) in [5.41, 5.74) is 0.829. The zero-order valence-corrected chi connectivity index (χ0v) is 13.2. The first kappa shape index (κ1) is 13.6. The number of anilines is 2. The maximum Gasteiger partial charge on any atom is 0.232 e. The third kappa shape index (κ3) is 3.13. The van der Waals surface area contributed by atoms with Crippen molar-refractivity contribution in [2.24, 2.45) is 0 Å². The molecule has 0 radical (unpaired) electrons. The number of nitrogens with zero attached hydrogens (tertiary/aromatic N) is 2. The fraction of sp³-hybridized carbons (Fsp3) is 0.0909. The van der Waals surface area contributed by atoms with E-state index in [1.54, 1.807) is 19.4 Å². The highest BCUT2D eigenvalue weighted by atomic mass is 79.9. The number of rotatable bonds is 3. The number of ether oxygens (including phenoxy) is 1. The molecule has 2 aromatic rings. The fourth-order valence-corrected chi connectivity index (χ4v) is 2.11. The molecule has 4 nitrogen and oxygen atoms in total. The van der Waals surface area contributed by atoms with E-state index in [0.29, 0.717) is 21.3 Å². The molecule has 0 unspecified atom stereocenters. The van der Waals surface area contributed by atoms with E-state index >= 15 is 0 Å². The molecule has 1 heterocycles. The quantitative estimate of drug-likeness (QED) is 0.839. The topological polar surface area (TPSA) is 47.0 Å². The highest BCUT2D eigenvalue weighted by molar-refractivity contribution is 9.10. The van der Waals surface area contributed by atoms with Crippen LogP contribution in [0.2, 0.25) is 5.02 Å². The van der Waals surface area contributed by atoms with Crippen LogP contribution >= 0.6 is 43.5 Å². The van der Waals surface area contributed by atoms with E-state index < -0.39 is 0 Å². The van der Waals surface area contributed by atoms with Gasteiger partial charge < -0.3 is 10.1 Å². The monoisotopic (exact) mass is 391 g/mol. The van der Waals surface area contributed by atoms with Gasteiger partial charge in [-0.05, 0) is 50.1 Å². The van der Waals surface area contributed by atoms with Gasteiger partial charge in [-0.3, -0.25) is 0 Å². The molecule has 0 amide bonds. The molecule has 0 spiro atoms. The second-order valence-electron chi connectivity index (χ2n) is 3.30. The molecule has 0 saturated carbocycles. The van der Waals surface area contributed by atoms with Crippen molar-refractivity contribution in [3.8, 4) is 5.88 Å². The lowest BCUT2D eigenvalue weighted by Gasteiger charge is -2.08. The van der Waals surface area contributed by atoms with Crippen LogP contribution in [0.4, 0.5) is 11.6 Å². The predicted molar refractivity (Wildman–Crippen MR) is 78.7 cm³/mol. The van der Waals surface area contributed by atoms with Gasteiger partial charge in [-0.1, -0.05) is 11.6 Å². The van der Waals surface area contributed by atoms with Gasteiger partial charge in [-0.25, -0.2) is 4.98 Å². The van der Waals surface area contributed by atoms with Gasteiger partial charge in [0.15, 0.2) is 0 Å². The van der Waals surface area contributed by atoms with Gasteiger partial charge in [-0.15, -0.1) is 0 Å². The van der Waals surface area contributed by atoms with E-state index in [9.17, 15) is 0 Å². The number of hydrogen-bond donors (Lipinski definition) is 1. The van der Waals surface area contributed by atoms with Crippen LogP contribution in [-0.4, -0.2) is 17.1 Å². The first-order valence-corrected chi connectivity index (χ1v) is 6.85. The van der Waals surface area contributed by atoms with Gasteiger partial charge in [0.2, 0.25) is 11.8 Å². The van der Waals surface area contributed by atoms with Crippen molar-refractivity contribution in [1.82, 2.24) is 9.97 Å². The number of aromatic nitrogens is 2. The Kier molecular flexibility index (Phi) is 4.42. The molecule has 0 aliphatic carbocycles. The summed E-state index contributed by atoms with van der Waals surface area (Å²) in [6, 6.07) is 5.47. The molecular weight excluding hydrogens is 385 g/mol. The maximum atomic E-state index is 5.92. The minimum absolute atomic E-state index is 0.448. The molecule has 0 saturated heterocycles. The highest BCUT2D eigenvalue weighted by Crippen LogP contribution is 2.28. The average Bonchev–Trinajstić information content (AvgIpc) is 2.36. The number of hydrogen-bond acceptors (Lipinski definition) is 4. The largest absolute Gasteiger partial charge is 0.480 e. The summed E-state index contributed by atoms with van der Waals surface area (Å²) < 4.78 is 6.60. The number of halogens is 3. The van der Waals surface area contributed by atoms with Gasteiger partial charge in [0.1, 0.15) is 0 Å². The van der Waals surface area contributed by atoms with Crippen LogP contribution in [0.15, 0.2) is 33.3 Å². The van der Waals surface area contributed by atoms with Crippen LogP contribution in [0, 0.1) is 0 Å². The van der Waals surface area contributed by atoms with Crippen molar-refractivity contribution in [2.75, 3.05) is 12.4 Å². The zero-order chi connectivity index (χ0) is 13.1. The summed E-state index contributed by atoms with van der Waals surface area (Å²) in [5, 5.41) is 3.71. The maximum absolute atomic E-state index is 5.92. The summed E-state index contributed by atoms with van der Waals surface area (Å²) in [4.78, 5) is 8.34. The van der Waals surface area contributed by atoms with Crippen LogP contribution in [0.1, 0.15) is 0 Å². The first-order chi connectivity index (χ1) is 8.60. The molecule has 94 valence electrons. The average molecular weight is 393 g/mol. The molecule has 18 heavy (non-hydrogen) atoms. The van der Waals surface area contributed by atoms with Gasteiger partial charge in [-0.2, -0.15) is 4.98 Å². The van der Waals surface area contributed by atoms with Gasteiger partial charge >= 0.3 is 0 Å². The molecule has 0 fully saturated rings. The van der Waals surface area contributed by atoms with Crippen molar-refractivity contribution < 1.29 is 4.74 Å². The molecule has 0 atom stereocenters.